The highest BCUT2D eigenvalue weighted by molar-refractivity contribution is 5.77. The molecule has 0 aromatic heterocycles. The van der Waals surface area contributed by atoms with Gasteiger partial charge < -0.3 is 14.7 Å². The van der Waals surface area contributed by atoms with Crippen molar-refractivity contribution in [2.24, 2.45) is 0 Å². The van der Waals surface area contributed by atoms with Gasteiger partial charge in [0.2, 0.25) is 5.91 Å². The maximum absolute atomic E-state index is 12.2. The standard InChI is InChI=1S/C15H21NO3/c1-11-9-16(10-12(2)19-11)15(18)8-14(17)13-6-4-3-5-7-13/h3-7,11-12,14,17H,8-10H2,1-2H3. The van der Waals surface area contributed by atoms with Crippen molar-refractivity contribution in [1.29, 1.82) is 0 Å². The quantitative estimate of drug-likeness (QED) is 0.903. The van der Waals surface area contributed by atoms with E-state index in [1.165, 1.54) is 0 Å². The van der Waals surface area contributed by atoms with E-state index in [0.717, 1.165) is 5.56 Å². The molecule has 1 N–H and O–H groups in total. The fourth-order valence-electron chi connectivity index (χ4n) is 2.47. The first-order chi connectivity index (χ1) is 9.06. The summed E-state index contributed by atoms with van der Waals surface area (Å²) in [5.74, 6) is -0.0154. The molecule has 1 aromatic carbocycles. The van der Waals surface area contributed by atoms with E-state index in [2.05, 4.69) is 0 Å². The highest BCUT2D eigenvalue weighted by Crippen LogP contribution is 2.19. The molecule has 0 aliphatic carbocycles. The van der Waals surface area contributed by atoms with E-state index in [1.54, 1.807) is 4.90 Å². The lowest BCUT2D eigenvalue weighted by molar-refractivity contribution is -0.145. The number of ether oxygens (including phenoxy) is 1. The number of morpholine rings is 1. The molecule has 4 heteroatoms. The molecule has 19 heavy (non-hydrogen) atoms. The van der Waals surface area contributed by atoms with Gasteiger partial charge in [0.1, 0.15) is 0 Å². The Hall–Kier alpha value is -1.39. The van der Waals surface area contributed by atoms with Gasteiger partial charge in [-0.2, -0.15) is 0 Å². The van der Waals surface area contributed by atoms with E-state index in [1.807, 2.05) is 44.2 Å². The Kier molecular flexibility index (Phi) is 4.56. The lowest BCUT2D eigenvalue weighted by atomic mass is 10.1. The second kappa shape index (κ2) is 6.17. The Labute approximate surface area is 114 Å². The summed E-state index contributed by atoms with van der Waals surface area (Å²) >= 11 is 0. The van der Waals surface area contributed by atoms with Gasteiger partial charge in [-0.1, -0.05) is 30.3 Å². The lowest BCUT2D eigenvalue weighted by Crippen LogP contribution is -2.48. The number of aliphatic hydroxyl groups excluding tert-OH is 1. The highest BCUT2D eigenvalue weighted by atomic mass is 16.5. The second-order valence-electron chi connectivity index (χ2n) is 5.19. The van der Waals surface area contributed by atoms with Crippen LogP contribution in [0.15, 0.2) is 30.3 Å². The van der Waals surface area contributed by atoms with Crippen molar-refractivity contribution in [2.75, 3.05) is 13.1 Å². The summed E-state index contributed by atoms with van der Waals surface area (Å²) in [7, 11) is 0. The van der Waals surface area contributed by atoms with Gasteiger partial charge in [-0.15, -0.1) is 0 Å². The molecule has 1 amide bonds. The molecule has 1 saturated heterocycles. The van der Waals surface area contributed by atoms with Crippen LogP contribution in [0.5, 0.6) is 0 Å². The Morgan fingerprint density at radius 2 is 1.89 bits per heavy atom. The molecule has 0 radical (unpaired) electrons. The molecular formula is C15H21NO3. The van der Waals surface area contributed by atoms with E-state index in [4.69, 9.17) is 4.74 Å². The zero-order valence-corrected chi connectivity index (χ0v) is 11.5. The van der Waals surface area contributed by atoms with Crippen molar-refractivity contribution in [3.05, 3.63) is 35.9 Å². The summed E-state index contributed by atoms with van der Waals surface area (Å²) in [6.07, 6.45) is -0.492. The van der Waals surface area contributed by atoms with Gasteiger partial charge in [0.25, 0.3) is 0 Å². The SMILES string of the molecule is CC1CN(C(=O)CC(O)c2ccccc2)CC(C)O1. The molecule has 1 aromatic rings. The summed E-state index contributed by atoms with van der Waals surface area (Å²) in [6, 6.07) is 9.29. The van der Waals surface area contributed by atoms with Gasteiger partial charge >= 0.3 is 0 Å². The van der Waals surface area contributed by atoms with Crippen LogP contribution in [0.1, 0.15) is 31.9 Å². The van der Waals surface area contributed by atoms with Gasteiger partial charge in [-0.3, -0.25) is 4.79 Å². The number of amides is 1. The van der Waals surface area contributed by atoms with Crippen LogP contribution in [0.25, 0.3) is 0 Å². The zero-order valence-electron chi connectivity index (χ0n) is 11.5. The number of carbonyl (C=O) groups is 1. The minimum absolute atomic E-state index is 0.0154. The van der Waals surface area contributed by atoms with Crippen LogP contribution in [0.4, 0.5) is 0 Å². The minimum atomic E-state index is -0.734. The predicted octanol–water partition coefficient (Wildman–Crippen LogP) is 1.75. The first-order valence-corrected chi connectivity index (χ1v) is 6.72. The number of hydrogen-bond donors (Lipinski definition) is 1. The van der Waals surface area contributed by atoms with E-state index >= 15 is 0 Å². The number of benzene rings is 1. The number of aliphatic hydroxyl groups is 1. The fourth-order valence-corrected chi connectivity index (χ4v) is 2.47. The second-order valence-corrected chi connectivity index (χ2v) is 5.19. The summed E-state index contributed by atoms with van der Waals surface area (Å²) in [5, 5.41) is 10.1. The molecule has 0 saturated carbocycles. The third-order valence-corrected chi connectivity index (χ3v) is 3.32. The maximum atomic E-state index is 12.2. The van der Waals surface area contributed by atoms with Crippen LogP contribution in [0, 0.1) is 0 Å². The molecule has 0 bridgehead atoms. The van der Waals surface area contributed by atoms with Crippen LogP contribution in [-0.4, -0.2) is 41.2 Å². The van der Waals surface area contributed by atoms with Gasteiger partial charge in [0, 0.05) is 13.1 Å². The average molecular weight is 263 g/mol. The number of hydrogen-bond acceptors (Lipinski definition) is 3. The maximum Gasteiger partial charge on any atom is 0.225 e. The van der Waals surface area contributed by atoms with Gasteiger partial charge in [-0.05, 0) is 19.4 Å². The molecule has 2 rings (SSSR count). The smallest absolute Gasteiger partial charge is 0.225 e. The van der Waals surface area contributed by atoms with E-state index in [9.17, 15) is 9.90 Å². The fraction of sp³-hybridized carbons (Fsp3) is 0.533. The summed E-state index contributed by atoms with van der Waals surface area (Å²) in [4.78, 5) is 14.0. The van der Waals surface area contributed by atoms with Crippen LogP contribution >= 0.6 is 0 Å². The molecule has 104 valence electrons. The van der Waals surface area contributed by atoms with Crippen LogP contribution in [-0.2, 0) is 9.53 Å². The van der Waals surface area contributed by atoms with Gasteiger partial charge in [0.05, 0.1) is 24.7 Å². The third-order valence-electron chi connectivity index (χ3n) is 3.32. The first kappa shape index (κ1) is 14.0. The van der Waals surface area contributed by atoms with Crippen LogP contribution in [0.3, 0.4) is 0 Å². The molecule has 4 nitrogen and oxygen atoms in total. The first-order valence-electron chi connectivity index (χ1n) is 6.72. The van der Waals surface area contributed by atoms with E-state index in [0.29, 0.717) is 13.1 Å². The minimum Gasteiger partial charge on any atom is -0.388 e. The molecule has 3 unspecified atom stereocenters. The molecular weight excluding hydrogens is 242 g/mol. The summed E-state index contributed by atoms with van der Waals surface area (Å²) in [6.45, 7) is 5.13. The average Bonchev–Trinajstić information content (AvgIpc) is 2.38. The Balaban J connectivity index is 1.93. The largest absolute Gasteiger partial charge is 0.388 e. The lowest BCUT2D eigenvalue weighted by Gasteiger charge is -2.35. The normalized spacial score (nSPS) is 25.1. The molecule has 3 atom stereocenters. The van der Waals surface area contributed by atoms with Crippen LogP contribution in [0.2, 0.25) is 0 Å². The number of carbonyl (C=O) groups excluding carboxylic acids is 1. The van der Waals surface area contributed by atoms with Crippen molar-refractivity contribution in [1.82, 2.24) is 4.90 Å². The Bertz CT molecular complexity index is 411. The molecule has 1 aliphatic heterocycles. The topological polar surface area (TPSA) is 49.8 Å². The van der Waals surface area contributed by atoms with Crippen molar-refractivity contribution >= 4 is 5.91 Å². The van der Waals surface area contributed by atoms with Gasteiger partial charge in [-0.25, -0.2) is 0 Å². The molecule has 0 spiro atoms. The van der Waals surface area contributed by atoms with Crippen molar-refractivity contribution in [3.8, 4) is 0 Å². The van der Waals surface area contributed by atoms with Crippen molar-refractivity contribution < 1.29 is 14.6 Å². The Morgan fingerprint density at radius 3 is 2.47 bits per heavy atom. The molecule has 1 heterocycles. The predicted molar refractivity (Wildman–Crippen MR) is 72.6 cm³/mol. The zero-order chi connectivity index (χ0) is 13.8. The number of nitrogens with zero attached hydrogens (tertiary/aromatic N) is 1. The van der Waals surface area contributed by atoms with Crippen molar-refractivity contribution in [2.45, 2.75) is 38.6 Å². The third kappa shape index (κ3) is 3.78. The Morgan fingerprint density at radius 1 is 1.32 bits per heavy atom. The van der Waals surface area contributed by atoms with Gasteiger partial charge in [0.15, 0.2) is 0 Å². The van der Waals surface area contributed by atoms with E-state index < -0.39 is 6.10 Å². The van der Waals surface area contributed by atoms with Crippen molar-refractivity contribution in [3.63, 3.8) is 0 Å². The summed E-state index contributed by atoms with van der Waals surface area (Å²) < 4.78 is 5.60. The molecule has 1 fully saturated rings. The van der Waals surface area contributed by atoms with E-state index in [-0.39, 0.29) is 24.5 Å². The number of rotatable bonds is 3. The highest BCUT2D eigenvalue weighted by Gasteiger charge is 2.27. The molecule has 1 aliphatic rings. The van der Waals surface area contributed by atoms with Crippen LogP contribution < -0.4 is 0 Å². The summed E-state index contributed by atoms with van der Waals surface area (Å²) in [5.41, 5.74) is 0.783. The monoisotopic (exact) mass is 263 g/mol.